The van der Waals surface area contributed by atoms with Crippen molar-refractivity contribution in [3.8, 4) is 11.3 Å². The molecule has 27 heavy (non-hydrogen) atoms. The Bertz CT molecular complexity index is 1030. The Morgan fingerprint density at radius 1 is 1.07 bits per heavy atom. The molecule has 2 aliphatic rings. The largest absolute Gasteiger partial charge is 0.261 e. The second kappa shape index (κ2) is 5.38. The van der Waals surface area contributed by atoms with Crippen molar-refractivity contribution in [3.63, 3.8) is 0 Å². The van der Waals surface area contributed by atoms with Crippen LogP contribution in [0.2, 0.25) is 0 Å². The number of benzene rings is 1. The molecule has 0 saturated heterocycles. The quantitative estimate of drug-likeness (QED) is 0.676. The molecular weight excluding hydrogens is 346 g/mol. The lowest BCUT2D eigenvalue weighted by molar-refractivity contribution is 0.242. The van der Waals surface area contributed by atoms with Gasteiger partial charge in [0.15, 0.2) is 0 Å². The summed E-state index contributed by atoms with van der Waals surface area (Å²) in [6.07, 6.45) is 7.04. The van der Waals surface area contributed by atoms with Crippen LogP contribution in [0.5, 0.6) is 0 Å². The summed E-state index contributed by atoms with van der Waals surface area (Å²) < 4.78 is 28.5. The topological polar surface area (TPSA) is 51.6 Å². The number of halogens is 2. The minimum Gasteiger partial charge on any atom is -0.261 e. The van der Waals surface area contributed by atoms with E-state index in [2.05, 4.69) is 34.0 Å². The summed E-state index contributed by atoms with van der Waals surface area (Å²) >= 11 is 0. The number of nitrogens with zero attached hydrogens (tertiary/aromatic N) is 4. The van der Waals surface area contributed by atoms with Gasteiger partial charge in [-0.2, -0.15) is 5.10 Å². The van der Waals surface area contributed by atoms with E-state index in [1.165, 1.54) is 18.2 Å². The van der Waals surface area contributed by atoms with Crippen molar-refractivity contribution in [2.24, 2.45) is 5.41 Å². The molecule has 2 heterocycles. The van der Waals surface area contributed by atoms with Crippen molar-refractivity contribution in [2.45, 2.75) is 38.0 Å². The lowest BCUT2D eigenvalue weighted by Gasteiger charge is -2.36. The lowest BCUT2D eigenvalue weighted by atomic mass is 9.66. The molecule has 0 aliphatic heterocycles. The second-order valence-electron chi connectivity index (χ2n) is 7.94. The Morgan fingerprint density at radius 3 is 2.56 bits per heavy atom. The van der Waals surface area contributed by atoms with Gasteiger partial charge in [0.05, 0.1) is 28.1 Å². The highest BCUT2D eigenvalue weighted by Crippen LogP contribution is 2.69. The molecule has 1 aromatic carbocycles. The van der Waals surface area contributed by atoms with E-state index in [1.54, 1.807) is 18.6 Å². The fourth-order valence-corrected chi connectivity index (χ4v) is 5.28. The predicted molar refractivity (Wildman–Crippen MR) is 96.0 cm³/mol. The monoisotopic (exact) mass is 364 g/mol. The third-order valence-corrected chi connectivity index (χ3v) is 6.60. The molecule has 2 atom stereocenters. The maximum atomic E-state index is 14.2. The first kappa shape index (κ1) is 16.4. The molecule has 4 nitrogen and oxygen atoms in total. The van der Waals surface area contributed by atoms with Crippen LogP contribution in [0.3, 0.4) is 0 Å². The highest BCUT2D eigenvalue weighted by molar-refractivity contribution is 5.64. The molecule has 2 aromatic heterocycles. The molecule has 2 bridgehead atoms. The van der Waals surface area contributed by atoms with E-state index >= 15 is 0 Å². The van der Waals surface area contributed by atoms with E-state index in [-0.39, 0.29) is 28.0 Å². The first-order valence-corrected chi connectivity index (χ1v) is 9.06. The molecule has 2 aliphatic carbocycles. The third kappa shape index (κ3) is 1.95. The Balaban J connectivity index is 1.74. The number of hydrogen-bond acceptors (Lipinski definition) is 4. The van der Waals surface area contributed by atoms with E-state index in [1.807, 2.05) is 6.07 Å². The molecule has 3 aromatic rings. The van der Waals surface area contributed by atoms with Gasteiger partial charge in [0.2, 0.25) is 0 Å². The molecule has 1 saturated carbocycles. The minimum atomic E-state index is -0.629. The van der Waals surface area contributed by atoms with E-state index in [0.717, 1.165) is 29.8 Å². The van der Waals surface area contributed by atoms with E-state index in [0.29, 0.717) is 0 Å². The normalized spacial score (nSPS) is 24.8. The molecule has 0 unspecified atom stereocenters. The fourth-order valence-electron chi connectivity index (χ4n) is 5.28. The maximum absolute atomic E-state index is 14.2. The van der Waals surface area contributed by atoms with Crippen LogP contribution in [-0.4, -0.2) is 20.2 Å². The van der Waals surface area contributed by atoms with Crippen LogP contribution in [0.15, 0.2) is 42.9 Å². The Morgan fingerprint density at radius 2 is 1.85 bits per heavy atom. The van der Waals surface area contributed by atoms with Gasteiger partial charge in [0, 0.05) is 18.6 Å². The number of rotatable bonds is 2. The standard InChI is InChI=1S/C21H18F2N4/c1-20(2)13-6-7-21(20,17-11-24-8-9-25-17)19-12(13)10-16(26-27-19)18-14(22)4-3-5-15(18)23/h3-5,8-11,13H,6-7H2,1-2H3/t13-,21-/m0/s1. The average molecular weight is 364 g/mol. The van der Waals surface area contributed by atoms with Gasteiger partial charge >= 0.3 is 0 Å². The fraction of sp³-hybridized carbons (Fsp3) is 0.333. The number of fused-ring (bicyclic) bond motifs is 5. The molecule has 0 amide bonds. The predicted octanol–water partition coefficient (Wildman–Crippen LogP) is 4.42. The first-order chi connectivity index (χ1) is 13.0. The van der Waals surface area contributed by atoms with Gasteiger partial charge in [-0.25, -0.2) is 8.78 Å². The summed E-state index contributed by atoms with van der Waals surface area (Å²) in [6, 6.07) is 5.64. The zero-order valence-electron chi connectivity index (χ0n) is 15.1. The molecule has 6 heteroatoms. The maximum Gasteiger partial charge on any atom is 0.135 e. The van der Waals surface area contributed by atoms with E-state index < -0.39 is 11.6 Å². The summed E-state index contributed by atoms with van der Waals surface area (Å²) in [5, 5.41) is 8.71. The first-order valence-electron chi connectivity index (χ1n) is 9.06. The zero-order chi connectivity index (χ0) is 18.8. The lowest BCUT2D eigenvalue weighted by Crippen LogP contribution is -2.37. The molecule has 0 N–H and O–H groups in total. The van der Waals surface area contributed by atoms with E-state index in [9.17, 15) is 8.78 Å². The van der Waals surface area contributed by atoms with Gasteiger partial charge in [-0.3, -0.25) is 9.97 Å². The number of aromatic nitrogens is 4. The van der Waals surface area contributed by atoms with Crippen LogP contribution < -0.4 is 0 Å². The van der Waals surface area contributed by atoms with Crippen LogP contribution >= 0.6 is 0 Å². The average Bonchev–Trinajstić information content (AvgIpc) is 3.04. The van der Waals surface area contributed by atoms with Crippen molar-refractivity contribution >= 4 is 0 Å². The third-order valence-electron chi connectivity index (χ3n) is 6.60. The van der Waals surface area contributed by atoms with Crippen molar-refractivity contribution in [2.75, 3.05) is 0 Å². The van der Waals surface area contributed by atoms with Crippen molar-refractivity contribution in [1.82, 2.24) is 20.2 Å². The van der Waals surface area contributed by atoms with Gasteiger partial charge in [-0.1, -0.05) is 19.9 Å². The SMILES string of the molecule is CC1(C)[C@H]2CC[C@]1(c1cnccn1)c1nnc(-c3c(F)cccc3F)cc12. The summed E-state index contributed by atoms with van der Waals surface area (Å²) in [5.74, 6) is -1.02. The van der Waals surface area contributed by atoms with Crippen LogP contribution in [-0.2, 0) is 5.41 Å². The zero-order valence-corrected chi connectivity index (χ0v) is 15.1. The molecule has 1 fully saturated rings. The summed E-state index contributed by atoms with van der Waals surface area (Å²) in [7, 11) is 0. The summed E-state index contributed by atoms with van der Waals surface area (Å²) in [6.45, 7) is 4.43. The Kier molecular flexibility index (Phi) is 3.27. The van der Waals surface area contributed by atoms with Crippen LogP contribution in [0.25, 0.3) is 11.3 Å². The van der Waals surface area contributed by atoms with Gasteiger partial charge in [-0.15, -0.1) is 5.10 Å². The van der Waals surface area contributed by atoms with Gasteiger partial charge in [0.1, 0.15) is 11.6 Å². The Hall–Kier alpha value is -2.76. The minimum absolute atomic E-state index is 0.123. The Labute approximate surface area is 155 Å². The molecule has 0 spiro atoms. The smallest absolute Gasteiger partial charge is 0.135 e. The molecule has 5 rings (SSSR count). The summed E-state index contributed by atoms with van der Waals surface area (Å²) in [5.41, 5.74) is 2.38. The number of hydrogen-bond donors (Lipinski definition) is 0. The highest BCUT2D eigenvalue weighted by atomic mass is 19.1. The molecule has 0 radical (unpaired) electrons. The van der Waals surface area contributed by atoms with Gasteiger partial charge < -0.3 is 0 Å². The van der Waals surface area contributed by atoms with Gasteiger partial charge in [-0.05, 0) is 47.9 Å². The summed E-state index contributed by atoms with van der Waals surface area (Å²) in [4.78, 5) is 8.84. The van der Waals surface area contributed by atoms with Crippen LogP contribution in [0.1, 0.15) is 49.6 Å². The van der Waals surface area contributed by atoms with Crippen LogP contribution in [0.4, 0.5) is 8.78 Å². The highest BCUT2D eigenvalue weighted by Gasteiger charge is 2.65. The van der Waals surface area contributed by atoms with Crippen molar-refractivity contribution in [1.29, 1.82) is 0 Å². The van der Waals surface area contributed by atoms with Crippen molar-refractivity contribution < 1.29 is 8.78 Å². The van der Waals surface area contributed by atoms with E-state index in [4.69, 9.17) is 0 Å². The molecule has 136 valence electrons. The van der Waals surface area contributed by atoms with Crippen LogP contribution in [0, 0.1) is 17.0 Å². The molecular formula is C21H18F2N4. The van der Waals surface area contributed by atoms with Crippen molar-refractivity contribution in [3.05, 3.63) is 71.4 Å². The second-order valence-corrected chi connectivity index (χ2v) is 7.94. The van der Waals surface area contributed by atoms with Gasteiger partial charge in [0.25, 0.3) is 0 Å².